The topological polar surface area (TPSA) is 42.1 Å². The smallest absolute Gasteiger partial charge is 0.0726 e. The summed E-state index contributed by atoms with van der Waals surface area (Å²) in [6.07, 6.45) is 3.98. The minimum atomic E-state index is 0.840. The summed E-state index contributed by atoms with van der Waals surface area (Å²) >= 11 is 0. The molecular formula is C15H19N3. The van der Waals surface area contributed by atoms with Crippen molar-refractivity contribution in [3.63, 3.8) is 0 Å². The Hall–Kier alpha value is -1.61. The van der Waals surface area contributed by atoms with Crippen molar-refractivity contribution in [1.82, 2.24) is 9.88 Å². The highest BCUT2D eigenvalue weighted by molar-refractivity contribution is 5.90. The molecule has 1 aromatic heterocycles. The zero-order chi connectivity index (χ0) is 12.4. The van der Waals surface area contributed by atoms with Gasteiger partial charge in [0.05, 0.1) is 11.2 Å². The number of hydrogen-bond acceptors (Lipinski definition) is 3. The van der Waals surface area contributed by atoms with E-state index in [0.29, 0.717) is 0 Å². The number of nitrogens with two attached hydrogens (primary N) is 1. The average molecular weight is 241 g/mol. The molecule has 0 bridgehead atoms. The standard InChI is InChI=1S/C15H19N3/c16-14-10-12(11-18-8-4-1-5-9-18)17-15-7-3-2-6-13(14)15/h2-3,6-7,10H,1,4-5,8-9,11H2,(H2,16,17). The summed E-state index contributed by atoms with van der Waals surface area (Å²) in [5.74, 6) is 0. The summed E-state index contributed by atoms with van der Waals surface area (Å²) in [4.78, 5) is 7.18. The highest BCUT2D eigenvalue weighted by Gasteiger charge is 2.12. The number of piperidine rings is 1. The van der Waals surface area contributed by atoms with Crippen LogP contribution in [-0.2, 0) is 6.54 Å². The zero-order valence-corrected chi connectivity index (χ0v) is 10.6. The third-order valence-electron chi connectivity index (χ3n) is 3.64. The van der Waals surface area contributed by atoms with Gasteiger partial charge in [-0.05, 0) is 38.1 Å². The summed E-state index contributed by atoms with van der Waals surface area (Å²) < 4.78 is 0. The van der Waals surface area contributed by atoms with Gasteiger partial charge in [0.1, 0.15) is 0 Å². The van der Waals surface area contributed by atoms with Gasteiger partial charge in [0.15, 0.2) is 0 Å². The van der Waals surface area contributed by atoms with E-state index in [2.05, 4.69) is 4.90 Å². The lowest BCUT2D eigenvalue weighted by Gasteiger charge is -2.26. The second-order valence-electron chi connectivity index (χ2n) is 5.06. The number of pyridine rings is 1. The molecule has 0 unspecified atom stereocenters. The van der Waals surface area contributed by atoms with Crippen molar-refractivity contribution in [2.75, 3.05) is 18.8 Å². The molecule has 94 valence electrons. The van der Waals surface area contributed by atoms with Crippen LogP contribution in [0.1, 0.15) is 25.0 Å². The first-order valence-electron chi connectivity index (χ1n) is 6.69. The van der Waals surface area contributed by atoms with Gasteiger partial charge in [-0.25, -0.2) is 0 Å². The molecule has 0 aliphatic carbocycles. The number of anilines is 1. The largest absolute Gasteiger partial charge is 0.398 e. The number of likely N-dealkylation sites (tertiary alicyclic amines) is 1. The van der Waals surface area contributed by atoms with E-state index < -0.39 is 0 Å². The van der Waals surface area contributed by atoms with Crippen LogP contribution in [0.4, 0.5) is 5.69 Å². The summed E-state index contributed by atoms with van der Waals surface area (Å²) in [5.41, 5.74) is 9.04. The Kier molecular flexibility index (Phi) is 3.15. The van der Waals surface area contributed by atoms with Crippen molar-refractivity contribution in [1.29, 1.82) is 0 Å². The molecule has 3 rings (SSSR count). The summed E-state index contributed by atoms with van der Waals surface area (Å²) in [5, 5.41) is 1.06. The molecular weight excluding hydrogens is 222 g/mol. The van der Waals surface area contributed by atoms with Crippen LogP contribution in [0.25, 0.3) is 10.9 Å². The van der Waals surface area contributed by atoms with Gasteiger partial charge in [0.2, 0.25) is 0 Å². The average Bonchev–Trinajstić information content (AvgIpc) is 2.40. The maximum Gasteiger partial charge on any atom is 0.0726 e. The molecule has 18 heavy (non-hydrogen) atoms. The highest BCUT2D eigenvalue weighted by Crippen LogP contribution is 2.21. The molecule has 1 saturated heterocycles. The lowest BCUT2D eigenvalue weighted by atomic mass is 10.1. The van der Waals surface area contributed by atoms with E-state index >= 15 is 0 Å². The normalized spacial score (nSPS) is 17.1. The zero-order valence-electron chi connectivity index (χ0n) is 10.6. The first-order valence-corrected chi connectivity index (χ1v) is 6.69. The number of nitrogens with zero attached hydrogens (tertiary/aromatic N) is 2. The van der Waals surface area contributed by atoms with Gasteiger partial charge in [-0.1, -0.05) is 24.6 Å². The second-order valence-corrected chi connectivity index (χ2v) is 5.06. The summed E-state index contributed by atoms with van der Waals surface area (Å²) in [6.45, 7) is 3.30. The van der Waals surface area contributed by atoms with Crippen LogP contribution in [0.5, 0.6) is 0 Å². The third kappa shape index (κ3) is 2.31. The minimum Gasteiger partial charge on any atom is -0.398 e. The Morgan fingerprint density at radius 2 is 1.89 bits per heavy atom. The Labute approximate surface area is 108 Å². The van der Waals surface area contributed by atoms with Crippen molar-refractivity contribution < 1.29 is 0 Å². The molecule has 2 heterocycles. The molecule has 0 amide bonds. The predicted octanol–water partition coefficient (Wildman–Crippen LogP) is 2.80. The van der Waals surface area contributed by atoms with Gasteiger partial charge < -0.3 is 5.73 Å². The van der Waals surface area contributed by atoms with Gasteiger partial charge in [-0.2, -0.15) is 0 Å². The van der Waals surface area contributed by atoms with Gasteiger partial charge in [-0.15, -0.1) is 0 Å². The first kappa shape index (κ1) is 11.5. The summed E-state index contributed by atoms with van der Waals surface area (Å²) in [6, 6.07) is 10.1. The van der Waals surface area contributed by atoms with E-state index in [-0.39, 0.29) is 0 Å². The lowest BCUT2D eigenvalue weighted by Crippen LogP contribution is -2.29. The molecule has 0 saturated carbocycles. The summed E-state index contributed by atoms with van der Waals surface area (Å²) in [7, 11) is 0. The van der Waals surface area contributed by atoms with E-state index in [9.17, 15) is 0 Å². The minimum absolute atomic E-state index is 0.840. The van der Waals surface area contributed by atoms with Crippen molar-refractivity contribution in [2.24, 2.45) is 0 Å². The number of nitrogen functional groups attached to an aromatic ring is 1. The van der Waals surface area contributed by atoms with Crippen LogP contribution in [0, 0.1) is 0 Å². The number of para-hydroxylation sites is 1. The molecule has 0 atom stereocenters. The van der Waals surface area contributed by atoms with E-state index in [0.717, 1.165) is 28.8 Å². The van der Waals surface area contributed by atoms with E-state index in [1.165, 1.54) is 32.4 Å². The second kappa shape index (κ2) is 4.94. The number of fused-ring (bicyclic) bond motifs is 1. The Bertz CT molecular complexity index is 544. The van der Waals surface area contributed by atoms with E-state index in [4.69, 9.17) is 10.7 Å². The predicted molar refractivity (Wildman–Crippen MR) is 75.3 cm³/mol. The fraction of sp³-hybridized carbons (Fsp3) is 0.400. The van der Waals surface area contributed by atoms with Crippen molar-refractivity contribution in [3.05, 3.63) is 36.0 Å². The highest BCUT2D eigenvalue weighted by atomic mass is 15.1. The number of aromatic nitrogens is 1. The molecule has 1 aromatic carbocycles. The molecule has 1 aliphatic heterocycles. The van der Waals surface area contributed by atoms with E-state index in [1.807, 2.05) is 30.3 Å². The molecule has 3 heteroatoms. The van der Waals surface area contributed by atoms with Crippen LogP contribution >= 0.6 is 0 Å². The molecule has 2 N–H and O–H groups in total. The Balaban J connectivity index is 1.87. The van der Waals surface area contributed by atoms with Crippen molar-refractivity contribution in [3.8, 4) is 0 Å². The van der Waals surface area contributed by atoms with Crippen LogP contribution in [0.2, 0.25) is 0 Å². The number of benzene rings is 1. The van der Waals surface area contributed by atoms with Crippen LogP contribution in [-0.4, -0.2) is 23.0 Å². The fourth-order valence-electron chi connectivity index (χ4n) is 2.69. The quantitative estimate of drug-likeness (QED) is 0.879. The van der Waals surface area contributed by atoms with Gasteiger partial charge in [-0.3, -0.25) is 9.88 Å². The van der Waals surface area contributed by atoms with Gasteiger partial charge in [0, 0.05) is 17.6 Å². The molecule has 0 spiro atoms. The SMILES string of the molecule is Nc1cc(CN2CCCCC2)nc2ccccc12. The van der Waals surface area contributed by atoms with Gasteiger partial charge >= 0.3 is 0 Å². The molecule has 0 radical (unpaired) electrons. The lowest BCUT2D eigenvalue weighted by molar-refractivity contribution is 0.219. The van der Waals surface area contributed by atoms with Crippen LogP contribution in [0.3, 0.4) is 0 Å². The number of rotatable bonds is 2. The molecule has 1 fully saturated rings. The maximum atomic E-state index is 6.10. The van der Waals surface area contributed by atoms with Crippen LogP contribution < -0.4 is 5.73 Å². The monoisotopic (exact) mass is 241 g/mol. The van der Waals surface area contributed by atoms with Crippen LogP contribution in [0.15, 0.2) is 30.3 Å². The Morgan fingerprint density at radius 3 is 2.72 bits per heavy atom. The van der Waals surface area contributed by atoms with Crippen molar-refractivity contribution >= 4 is 16.6 Å². The van der Waals surface area contributed by atoms with E-state index in [1.54, 1.807) is 0 Å². The fourth-order valence-corrected chi connectivity index (χ4v) is 2.69. The Morgan fingerprint density at radius 1 is 1.11 bits per heavy atom. The van der Waals surface area contributed by atoms with Gasteiger partial charge in [0.25, 0.3) is 0 Å². The molecule has 3 nitrogen and oxygen atoms in total. The molecule has 2 aromatic rings. The third-order valence-corrected chi connectivity index (χ3v) is 3.64. The van der Waals surface area contributed by atoms with Crippen molar-refractivity contribution in [2.45, 2.75) is 25.8 Å². The maximum absolute atomic E-state index is 6.10. The first-order chi connectivity index (χ1) is 8.83. The molecule has 1 aliphatic rings. The number of hydrogen-bond donors (Lipinski definition) is 1.